The molecule has 1 aliphatic heterocycles. The molecule has 29 heavy (non-hydrogen) atoms. The molecular formula is C21H24BrN3O3S. The summed E-state index contributed by atoms with van der Waals surface area (Å²) in [5.74, 6) is -0.428. The Bertz CT molecular complexity index is 1110. The first-order valence-electron chi connectivity index (χ1n) is 9.54. The minimum Gasteiger partial charge on any atom is -0.397 e. The van der Waals surface area contributed by atoms with Crippen LogP contribution in [0.3, 0.4) is 0 Å². The van der Waals surface area contributed by atoms with E-state index in [1.165, 1.54) is 0 Å². The second-order valence-corrected chi connectivity index (χ2v) is 10.1. The van der Waals surface area contributed by atoms with Gasteiger partial charge in [0.05, 0.1) is 10.4 Å². The standard InChI is InChI=1S/C21H24BrN3O3S/c1-23-10-12-24(13-11-23)14-17-15-25(20-8-4-2-6-18(17)20)28-16-29(26,27)21-9-5-3-7-19(21)22/h2-9,15H,10-14,16H2,1H3. The molecule has 154 valence electrons. The number of hydrogen-bond donors (Lipinski definition) is 0. The molecule has 2 heterocycles. The van der Waals surface area contributed by atoms with Crippen molar-refractivity contribution in [3.8, 4) is 0 Å². The maximum atomic E-state index is 12.7. The highest BCUT2D eigenvalue weighted by molar-refractivity contribution is 9.10. The number of piperazine rings is 1. The summed E-state index contributed by atoms with van der Waals surface area (Å²) in [5, 5.41) is 1.09. The van der Waals surface area contributed by atoms with Crippen LogP contribution in [0.2, 0.25) is 0 Å². The third-order valence-electron chi connectivity index (χ3n) is 5.27. The number of nitrogens with zero attached hydrogens (tertiary/aromatic N) is 3. The topological polar surface area (TPSA) is 54.8 Å². The van der Waals surface area contributed by atoms with Crippen LogP contribution in [0.1, 0.15) is 5.56 Å². The quantitative estimate of drug-likeness (QED) is 0.546. The molecular weight excluding hydrogens is 454 g/mol. The Morgan fingerprint density at radius 2 is 1.69 bits per heavy atom. The third kappa shape index (κ3) is 4.50. The van der Waals surface area contributed by atoms with Gasteiger partial charge in [-0.15, -0.1) is 0 Å². The second kappa shape index (κ2) is 8.47. The van der Waals surface area contributed by atoms with Crippen LogP contribution in [-0.2, 0) is 16.4 Å². The first-order chi connectivity index (χ1) is 13.9. The van der Waals surface area contributed by atoms with Crippen LogP contribution in [0.25, 0.3) is 10.9 Å². The lowest BCUT2D eigenvalue weighted by molar-refractivity contribution is 0.145. The van der Waals surface area contributed by atoms with Crippen molar-refractivity contribution >= 4 is 36.7 Å². The van der Waals surface area contributed by atoms with Gasteiger partial charge in [-0.1, -0.05) is 30.3 Å². The maximum absolute atomic E-state index is 12.7. The van der Waals surface area contributed by atoms with E-state index in [1.54, 1.807) is 29.0 Å². The Labute approximate surface area is 179 Å². The highest BCUT2D eigenvalue weighted by atomic mass is 79.9. The zero-order valence-corrected chi connectivity index (χ0v) is 18.7. The third-order valence-corrected chi connectivity index (χ3v) is 7.66. The number of rotatable bonds is 6. The summed E-state index contributed by atoms with van der Waals surface area (Å²) in [5.41, 5.74) is 2.02. The Kier molecular flexibility index (Phi) is 5.96. The molecule has 1 saturated heterocycles. The van der Waals surface area contributed by atoms with Gasteiger partial charge in [0, 0.05) is 48.8 Å². The molecule has 6 nitrogen and oxygen atoms in total. The van der Waals surface area contributed by atoms with E-state index in [2.05, 4.69) is 38.8 Å². The monoisotopic (exact) mass is 477 g/mol. The van der Waals surface area contributed by atoms with Crippen molar-refractivity contribution < 1.29 is 13.3 Å². The smallest absolute Gasteiger partial charge is 0.219 e. The van der Waals surface area contributed by atoms with Crippen molar-refractivity contribution in [2.45, 2.75) is 11.4 Å². The molecule has 0 aliphatic carbocycles. The largest absolute Gasteiger partial charge is 0.397 e. The summed E-state index contributed by atoms with van der Waals surface area (Å²) in [6, 6.07) is 14.7. The molecule has 4 rings (SSSR count). The van der Waals surface area contributed by atoms with Gasteiger partial charge in [-0.3, -0.25) is 4.90 Å². The zero-order chi connectivity index (χ0) is 20.4. The van der Waals surface area contributed by atoms with Gasteiger partial charge in [0.1, 0.15) is 0 Å². The molecule has 2 aromatic carbocycles. The minimum atomic E-state index is -3.59. The van der Waals surface area contributed by atoms with Gasteiger partial charge in [0.25, 0.3) is 0 Å². The van der Waals surface area contributed by atoms with Crippen molar-refractivity contribution in [1.82, 2.24) is 14.5 Å². The van der Waals surface area contributed by atoms with Crippen molar-refractivity contribution in [2.24, 2.45) is 0 Å². The molecule has 0 unspecified atom stereocenters. The molecule has 0 radical (unpaired) electrons. The summed E-state index contributed by atoms with van der Waals surface area (Å²) < 4.78 is 27.6. The normalized spacial score (nSPS) is 16.3. The molecule has 0 bridgehead atoms. The van der Waals surface area contributed by atoms with Gasteiger partial charge in [0.2, 0.25) is 15.8 Å². The van der Waals surface area contributed by atoms with E-state index in [-0.39, 0.29) is 4.90 Å². The maximum Gasteiger partial charge on any atom is 0.219 e. The van der Waals surface area contributed by atoms with Gasteiger partial charge >= 0.3 is 0 Å². The molecule has 0 atom stereocenters. The van der Waals surface area contributed by atoms with E-state index in [9.17, 15) is 8.42 Å². The fourth-order valence-corrected chi connectivity index (χ4v) is 5.64. The average molecular weight is 478 g/mol. The van der Waals surface area contributed by atoms with E-state index < -0.39 is 15.8 Å². The van der Waals surface area contributed by atoms with Gasteiger partial charge in [-0.05, 0) is 46.7 Å². The van der Waals surface area contributed by atoms with E-state index in [1.807, 2.05) is 24.4 Å². The van der Waals surface area contributed by atoms with Crippen LogP contribution >= 0.6 is 15.9 Å². The molecule has 0 spiro atoms. The highest BCUT2D eigenvalue weighted by Gasteiger charge is 2.21. The molecule has 1 fully saturated rings. The van der Waals surface area contributed by atoms with Gasteiger partial charge < -0.3 is 9.74 Å². The van der Waals surface area contributed by atoms with Crippen LogP contribution in [0.15, 0.2) is 64.1 Å². The number of para-hydroxylation sites is 1. The zero-order valence-electron chi connectivity index (χ0n) is 16.3. The van der Waals surface area contributed by atoms with Crippen LogP contribution in [0, 0.1) is 0 Å². The Hall–Kier alpha value is -1.87. The summed E-state index contributed by atoms with van der Waals surface area (Å²) in [7, 11) is -1.45. The summed E-state index contributed by atoms with van der Waals surface area (Å²) in [6.07, 6.45) is 1.92. The highest BCUT2D eigenvalue weighted by Crippen LogP contribution is 2.24. The van der Waals surface area contributed by atoms with Crippen molar-refractivity contribution in [1.29, 1.82) is 0 Å². The summed E-state index contributed by atoms with van der Waals surface area (Å²) in [6.45, 7) is 4.97. The number of fused-ring (bicyclic) bond motifs is 1. The number of benzene rings is 2. The van der Waals surface area contributed by atoms with Gasteiger partial charge in [0.15, 0.2) is 0 Å². The molecule has 8 heteroatoms. The Balaban J connectivity index is 1.56. The summed E-state index contributed by atoms with van der Waals surface area (Å²) >= 11 is 3.31. The minimum absolute atomic E-state index is 0.231. The van der Waals surface area contributed by atoms with Crippen molar-refractivity contribution in [2.75, 3.05) is 39.2 Å². The first kappa shape index (κ1) is 20.4. The van der Waals surface area contributed by atoms with E-state index in [0.717, 1.165) is 49.2 Å². The SMILES string of the molecule is CN1CCN(Cc2cn(OCS(=O)(=O)c3ccccc3Br)c3ccccc23)CC1. The number of aromatic nitrogens is 1. The number of likely N-dealkylation sites (N-methyl/N-ethyl adjacent to an activating group) is 1. The number of hydrogen-bond acceptors (Lipinski definition) is 5. The van der Waals surface area contributed by atoms with Crippen LogP contribution in [-0.4, -0.2) is 62.1 Å². The first-order valence-corrected chi connectivity index (χ1v) is 12.0. The van der Waals surface area contributed by atoms with Crippen LogP contribution in [0.4, 0.5) is 0 Å². The van der Waals surface area contributed by atoms with Gasteiger partial charge in [-0.2, -0.15) is 4.73 Å². The lowest BCUT2D eigenvalue weighted by Crippen LogP contribution is -2.43. The molecule has 3 aromatic rings. The fraction of sp³-hybridized carbons (Fsp3) is 0.333. The Morgan fingerprint density at radius 1 is 1.00 bits per heavy atom. The Morgan fingerprint density at radius 3 is 2.45 bits per heavy atom. The van der Waals surface area contributed by atoms with Crippen LogP contribution in [0.5, 0.6) is 0 Å². The molecule has 1 aliphatic rings. The van der Waals surface area contributed by atoms with Gasteiger partial charge in [-0.25, -0.2) is 8.42 Å². The second-order valence-electron chi connectivity index (χ2n) is 7.37. The predicted molar refractivity (Wildman–Crippen MR) is 117 cm³/mol. The lowest BCUT2D eigenvalue weighted by Gasteiger charge is -2.32. The predicted octanol–water partition coefficient (Wildman–Crippen LogP) is 3.01. The van der Waals surface area contributed by atoms with Crippen molar-refractivity contribution in [3.05, 3.63) is 64.8 Å². The molecule has 0 saturated carbocycles. The number of sulfone groups is 1. The molecule has 0 N–H and O–H groups in total. The lowest BCUT2D eigenvalue weighted by atomic mass is 10.1. The van der Waals surface area contributed by atoms with E-state index in [0.29, 0.717) is 4.47 Å². The van der Waals surface area contributed by atoms with Crippen molar-refractivity contribution in [3.63, 3.8) is 0 Å². The fourth-order valence-electron chi connectivity index (χ4n) is 3.58. The number of halogens is 1. The molecule has 1 aromatic heterocycles. The summed E-state index contributed by atoms with van der Waals surface area (Å²) in [4.78, 5) is 10.7. The van der Waals surface area contributed by atoms with E-state index in [4.69, 9.17) is 4.84 Å². The average Bonchev–Trinajstić information content (AvgIpc) is 3.06. The van der Waals surface area contributed by atoms with Crippen LogP contribution < -0.4 is 4.84 Å². The molecule has 0 amide bonds. The van der Waals surface area contributed by atoms with E-state index >= 15 is 0 Å².